The lowest BCUT2D eigenvalue weighted by Crippen LogP contribution is -2.47. The van der Waals surface area contributed by atoms with Gasteiger partial charge in [0.15, 0.2) is 23.3 Å². The van der Waals surface area contributed by atoms with Gasteiger partial charge in [-0.2, -0.15) is 0 Å². The van der Waals surface area contributed by atoms with Gasteiger partial charge in [0.05, 0.1) is 47.8 Å². The molecule has 1 fully saturated rings. The van der Waals surface area contributed by atoms with E-state index in [0.29, 0.717) is 62.0 Å². The number of nitrogens with zero attached hydrogens (tertiary/aromatic N) is 3. The number of benzene rings is 3. The Balaban J connectivity index is 1.49. The predicted molar refractivity (Wildman–Crippen MR) is 137 cm³/mol. The minimum absolute atomic E-state index is 0.0926. The van der Waals surface area contributed by atoms with E-state index < -0.39 is 34.7 Å². The summed E-state index contributed by atoms with van der Waals surface area (Å²) in [6.07, 6.45) is 1.31. The number of carbonyl (C=O) groups is 1. The minimum Gasteiger partial charge on any atom is -0.489 e. The fourth-order valence-electron chi connectivity index (χ4n) is 4.98. The Kier molecular flexibility index (Phi) is 6.43. The molecule has 2 aliphatic rings. The maximum absolute atomic E-state index is 14.8. The molecule has 200 valence electrons. The third-order valence-corrected chi connectivity index (χ3v) is 6.79. The molecule has 0 bridgehead atoms. The van der Waals surface area contributed by atoms with Crippen LogP contribution in [0.2, 0.25) is 0 Å². The lowest BCUT2D eigenvalue weighted by molar-refractivity contribution is 0.0943. The monoisotopic (exact) mass is 538 g/mol. The average molecular weight is 539 g/mol. The largest absolute Gasteiger partial charge is 0.489 e. The Bertz CT molecular complexity index is 1570. The van der Waals surface area contributed by atoms with E-state index in [-0.39, 0.29) is 22.7 Å². The highest BCUT2D eigenvalue weighted by Crippen LogP contribution is 2.38. The van der Waals surface area contributed by atoms with E-state index in [2.05, 4.69) is 10.4 Å². The molecule has 0 saturated carbocycles. The van der Waals surface area contributed by atoms with Crippen LogP contribution in [0.4, 0.5) is 28.9 Å². The SMILES string of the molecule is O=C(NN1CCOc2ccccc21)c1cnc2c(-c3c(F)c(F)cc(F)c3F)cccc2c1N1CCOCC1. The van der Waals surface area contributed by atoms with Crippen LogP contribution in [-0.2, 0) is 4.74 Å². The number of pyridine rings is 1. The van der Waals surface area contributed by atoms with Gasteiger partial charge in [0.2, 0.25) is 0 Å². The molecule has 7 nitrogen and oxygen atoms in total. The van der Waals surface area contributed by atoms with Crippen molar-refractivity contribution in [2.45, 2.75) is 0 Å². The summed E-state index contributed by atoms with van der Waals surface area (Å²) in [5.41, 5.74) is 3.40. The molecule has 3 aromatic carbocycles. The summed E-state index contributed by atoms with van der Waals surface area (Å²) in [7, 11) is 0. The number of halogens is 4. The highest BCUT2D eigenvalue weighted by atomic mass is 19.2. The maximum atomic E-state index is 14.8. The summed E-state index contributed by atoms with van der Waals surface area (Å²) in [6.45, 7) is 2.47. The lowest BCUT2D eigenvalue weighted by atomic mass is 9.98. The second-order valence-electron chi connectivity index (χ2n) is 9.07. The standard InChI is InChI=1S/C28H22F4N4O3/c29-19-14-20(30)25(32)23(24(19)31)16-4-3-5-17-26(16)33-15-18(27(17)35-8-11-38-12-9-35)28(37)34-36-10-13-39-22-7-2-1-6-21(22)36/h1-7,14-15H,8-13H2,(H,34,37). The highest BCUT2D eigenvalue weighted by molar-refractivity contribution is 6.10. The van der Waals surface area contributed by atoms with Gasteiger partial charge in [0, 0.05) is 36.3 Å². The van der Waals surface area contributed by atoms with Crippen LogP contribution in [0.5, 0.6) is 5.75 Å². The van der Waals surface area contributed by atoms with E-state index in [9.17, 15) is 22.4 Å². The Morgan fingerprint density at radius 2 is 1.64 bits per heavy atom. The second-order valence-corrected chi connectivity index (χ2v) is 9.07. The molecule has 0 radical (unpaired) electrons. The van der Waals surface area contributed by atoms with Crippen molar-refractivity contribution in [1.29, 1.82) is 0 Å². The molecule has 0 aliphatic carbocycles. The lowest BCUT2D eigenvalue weighted by Gasteiger charge is -2.33. The van der Waals surface area contributed by atoms with Gasteiger partial charge in [-0.05, 0) is 12.1 Å². The fourth-order valence-corrected chi connectivity index (χ4v) is 4.98. The topological polar surface area (TPSA) is 66.9 Å². The molecule has 1 saturated heterocycles. The van der Waals surface area contributed by atoms with Crippen LogP contribution in [0.3, 0.4) is 0 Å². The Labute approximate surface area is 220 Å². The van der Waals surface area contributed by atoms with Crippen LogP contribution in [0, 0.1) is 23.3 Å². The van der Waals surface area contributed by atoms with Crippen LogP contribution >= 0.6 is 0 Å². The highest BCUT2D eigenvalue weighted by Gasteiger charge is 2.28. The molecule has 0 spiro atoms. The molecule has 3 heterocycles. The van der Waals surface area contributed by atoms with Crippen molar-refractivity contribution in [3.05, 3.63) is 83.6 Å². The summed E-state index contributed by atoms with van der Waals surface area (Å²) in [5.74, 6) is -5.91. The van der Waals surface area contributed by atoms with Gasteiger partial charge in [-0.15, -0.1) is 0 Å². The smallest absolute Gasteiger partial charge is 0.273 e. The first-order valence-corrected chi connectivity index (χ1v) is 12.3. The van der Waals surface area contributed by atoms with E-state index in [4.69, 9.17) is 9.47 Å². The van der Waals surface area contributed by atoms with Crippen molar-refractivity contribution in [1.82, 2.24) is 10.4 Å². The minimum atomic E-state index is -1.52. The zero-order valence-corrected chi connectivity index (χ0v) is 20.5. The van der Waals surface area contributed by atoms with Gasteiger partial charge >= 0.3 is 0 Å². The van der Waals surface area contributed by atoms with Crippen LogP contribution in [-0.4, -0.2) is 50.3 Å². The number of hydrogen-bond donors (Lipinski definition) is 1. The summed E-state index contributed by atoms with van der Waals surface area (Å²) in [6, 6.07) is 12.0. The third kappa shape index (κ3) is 4.38. The quantitative estimate of drug-likeness (QED) is 0.297. The average Bonchev–Trinajstić information content (AvgIpc) is 2.96. The first-order valence-electron chi connectivity index (χ1n) is 12.3. The van der Waals surface area contributed by atoms with E-state index >= 15 is 0 Å². The summed E-state index contributed by atoms with van der Waals surface area (Å²) in [4.78, 5) is 20.0. The molecular formula is C28H22F4N4O3. The Hall–Kier alpha value is -4.38. The number of ether oxygens (including phenoxy) is 2. The Morgan fingerprint density at radius 1 is 0.897 bits per heavy atom. The van der Waals surface area contributed by atoms with Crippen LogP contribution in [0.15, 0.2) is 54.7 Å². The van der Waals surface area contributed by atoms with E-state index in [1.54, 1.807) is 17.1 Å². The molecule has 1 N–H and O–H groups in total. The van der Waals surface area contributed by atoms with Crippen molar-refractivity contribution in [3.8, 4) is 16.9 Å². The predicted octanol–water partition coefficient (Wildman–Crippen LogP) is 4.84. The molecule has 4 aromatic rings. The normalized spacial score (nSPS) is 15.2. The van der Waals surface area contributed by atoms with E-state index in [1.165, 1.54) is 18.3 Å². The molecule has 6 rings (SSSR count). The number of carbonyl (C=O) groups excluding carboxylic acids is 1. The molecule has 0 atom stereocenters. The van der Waals surface area contributed by atoms with Crippen molar-refractivity contribution in [3.63, 3.8) is 0 Å². The fraction of sp³-hybridized carbons (Fsp3) is 0.214. The zero-order valence-electron chi connectivity index (χ0n) is 20.5. The Morgan fingerprint density at radius 3 is 2.41 bits per heavy atom. The van der Waals surface area contributed by atoms with Crippen LogP contribution in [0.1, 0.15) is 10.4 Å². The van der Waals surface area contributed by atoms with Gasteiger partial charge in [-0.3, -0.25) is 20.2 Å². The first-order chi connectivity index (χ1) is 18.9. The molecule has 2 aliphatic heterocycles. The van der Waals surface area contributed by atoms with Gasteiger partial charge in [-0.25, -0.2) is 17.6 Å². The molecular weight excluding hydrogens is 516 g/mol. The number of para-hydroxylation sites is 3. The van der Waals surface area contributed by atoms with E-state index in [1.807, 2.05) is 23.1 Å². The summed E-state index contributed by atoms with van der Waals surface area (Å²) >= 11 is 0. The van der Waals surface area contributed by atoms with Gasteiger partial charge < -0.3 is 14.4 Å². The molecule has 0 unspecified atom stereocenters. The maximum Gasteiger partial charge on any atom is 0.273 e. The number of hydrogen-bond acceptors (Lipinski definition) is 6. The number of nitrogens with one attached hydrogen (secondary N) is 1. The number of anilines is 2. The molecule has 1 amide bonds. The zero-order chi connectivity index (χ0) is 27.1. The number of amides is 1. The van der Waals surface area contributed by atoms with Gasteiger partial charge in [0.1, 0.15) is 12.4 Å². The number of fused-ring (bicyclic) bond motifs is 2. The molecule has 1 aromatic heterocycles. The van der Waals surface area contributed by atoms with Crippen LogP contribution < -0.4 is 20.1 Å². The molecule has 11 heteroatoms. The number of rotatable bonds is 4. The van der Waals surface area contributed by atoms with Crippen LogP contribution in [0.25, 0.3) is 22.0 Å². The summed E-state index contributed by atoms with van der Waals surface area (Å²) in [5, 5.41) is 2.08. The van der Waals surface area contributed by atoms with Crippen molar-refractivity contribution < 1.29 is 31.8 Å². The number of hydrazine groups is 1. The van der Waals surface area contributed by atoms with Crippen molar-refractivity contribution in [2.24, 2.45) is 0 Å². The number of morpholine rings is 1. The van der Waals surface area contributed by atoms with Gasteiger partial charge in [-0.1, -0.05) is 30.3 Å². The number of aromatic nitrogens is 1. The van der Waals surface area contributed by atoms with Crippen molar-refractivity contribution >= 4 is 28.2 Å². The molecule has 39 heavy (non-hydrogen) atoms. The summed E-state index contributed by atoms with van der Waals surface area (Å²) < 4.78 is 68.9. The van der Waals surface area contributed by atoms with Crippen molar-refractivity contribution in [2.75, 3.05) is 49.4 Å². The second kappa shape index (κ2) is 10.1. The first kappa shape index (κ1) is 24.9. The third-order valence-electron chi connectivity index (χ3n) is 6.79. The van der Waals surface area contributed by atoms with Gasteiger partial charge in [0.25, 0.3) is 5.91 Å². The van der Waals surface area contributed by atoms with E-state index in [0.717, 1.165) is 0 Å².